The minimum absolute atomic E-state index is 0.112. The zero-order chi connectivity index (χ0) is 16.5. The number of nitrogens with zero attached hydrogens (tertiary/aromatic N) is 3. The van der Waals surface area contributed by atoms with Crippen LogP contribution in [0.4, 0.5) is 4.79 Å². The molecule has 7 nitrogen and oxygen atoms in total. The summed E-state index contributed by atoms with van der Waals surface area (Å²) < 4.78 is 4.98. The highest BCUT2D eigenvalue weighted by molar-refractivity contribution is 5.76. The summed E-state index contributed by atoms with van der Waals surface area (Å²) in [5.41, 5.74) is -0.496. The number of carbonyl (C=O) groups excluding carboxylic acids is 1. The third kappa shape index (κ3) is 7.51. The first kappa shape index (κ1) is 19.2. The predicted molar refractivity (Wildman–Crippen MR) is 77.8 cm³/mol. The summed E-state index contributed by atoms with van der Waals surface area (Å²) in [6.07, 6.45) is 0.117. The summed E-state index contributed by atoms with van der Waals surface area (Å²) in [4.78, 5) is 26.4. The lowest BCUT2D eigenvalue weighted by molar-refractivity contribution is -0.137. The van der Waals surface area contributed by atoms with Crippen molar-refractivity contribution in [2.45, 2.75) is 39.2 Å². The van der Waals surface area contributed by atoms with Crippen LogP contribution >= 0.6 is 0 Å². The van der Waals surface area contributed by atoms with E-state index in [0.717, 1.165) is 0 Å². The van der Waals surface area contributed by atoms with Gasteiger partial charge in [0.25, 0.3) is 0 Å². The molecule has 0 aromatic heterocycles. The molecule has 0 saturated carbocycles. The number of methoxy groups -OCH3 is 1. The summed E-state index contributed by atoms with van der Waals surface area (Å²) in [7, 11) is 1.54. The Morgan fingerprint density at radius 1 is 1.24 bits per heavy atom. The number of aliphatic carboxylic acids is 1. The molecule has 0 rings (SSSR count). The largest absolute Gasteiger partial charge is 0.481 e. The highest BCUT2D eigenvalue weighted by Crippen LogP contribution is 2.16. The molecule has 1 N–H and O–H groups in total. The van der Waals surface area contributed by atoms with Crippen molar-refractivity contribution < 1.29 is 19.4 Å². The minimum atomic E-state index is -0.947. The number of ether oxygens (including phenoxy) is 1. The second-order valence-corrected chi connectivity index (χ2v) is 5.64. The van der Waals surface area contributed by atoms with Gasteiger partial charge in [-0.25, -0.2) is 4.79 Å². The van der Waals surface area contributed by atoms with Gasteiger partial charge in [-0.2, -0.15) is 5.26 Å². The number of urea groups is 1. The van der Waals surface area contributed by atoms with Gasteiger partial charge in [0.2, 0.25) is 0 Å². The Labute approximate surface area is 126 Å². The molecule has 120 valence electrons. The van der Waals surface area contributed by atoms with Crippen LogP contribution in [0.2, 0.25) is 0 Å². The molecule has 0 fully saturated rings. The summed E-state index contributed by atoms with van der Waals surface area (Å²) in [6, 6.07) is 1.74. The molecule has 0 unspecified atom stereocenters. The van der Waals surface area contributed by atoms with Crippen molar-refractivity contribution in [2.75, 3.05) is 33.4 Å². The smallest absolute Gasteiger partial charge is 0.320 e. The van der Waals surface area contributed by atoms with Crippen LogP contribution in [0, 0.1) is 11.3 Å². The van der Waals surface area contributed by atoms with Crippen LogP contribution in [0.25, 0.3) is 0 Å². The standard InChI is InChI=1S/C14H25N3O4/c1-14(2,3)17(9-6-12(18)19)13(20)16(8-5-7-15)10-11-21-4/h5-6,8-11H2,1-4H3,(H,18,19). The van der Waals surface area contributed by atoms with Crippen molar-refractivity contribution in [3.63, 3.8) is 0 Å². The maximum absolute atomic E-state index is 12.6. The molecular weight excluding hydrogens is 274 g/mol. The predicted octanol–water partition coefficient (Wildman–Crippen LogP) is 1.54. The molecule has 0 aromatic carbocycles. The van der Waals surface area contributed by atoms with Crippen LogP contribution < -0.4 is 0 Å². The first-order chi connectivity index (χ1) is 9.73. The number of rotatable bonds is 8. The van der Waals surface area contributed by atoms with Gasteiger partial charge < -0.3 is 19.6 Å². The molecule has 0 radical (unpaired) electrons. The van der Waals surface area contributed by atoms with Gasteiger partial charge in [-0.3, -0.25) is 4.79 Å². The third-order valence-electron chi connectivity index (χ3n) is 2.92. The summed E-state index contributed by atoms with van der Waals surface area (Å²) in [6.45, 7) is 6.74. The molecule has 2 amide bonds. The van der Waals surface area contributed by atoms with Crippen LogP contribution in [0.3, 0.4) is 0 Å². The highest BCUT2D eigenvalue weighted by Gasteiger charge is 2.30. The van der Waals surface area contributed by atoms with Crippen LogP contribution in [-0.2, 0) is 9.53 Å². The summed E-state index contributed by atoms with van der Waals surface area (Å²) in [5.74, 6) is -0.947. The van der Waals surface area contributed by atoms with Gasteiger partial charge in [0, 0.05) is 32.3 Å². The van der Waals surface area contributed by atoms with Gasteiger partial charge in [-0.1, -0.05) is 0 Å². The van der Waals surface area contributed by atoms with Crippen molar-refractivity contribution in [2.24, 2.45) is 0 Å². The number of carboxylic acids is 1. The molecule has 0 saturated heterocycles. The molecule has 0 aliphatic carbocycles. The Kier molecular flexibility index (Phi) is 8.39. The lowest BCUT2D eigenvalue weighted by Gasteiger charge is -2.39. The van der Waals surface area contributed by atoms with Gasteiger partial charge in [0.05, 0.1) is 25.5 Å². The van der Waals surface area contributed by atoms with Gasteiger partial charge in [-0.15, -0.1) is 0 Å². The highest BCUT2D eigenvalue weighted by atomic mass is 16.5. The van der Waals surface area contributed by atoms with E-state index in [9.17, 15) is 9.59 Å². The lowest BCUT2D eigenvalue weighted by Crippen LogP contribution is -2.53. The Morgan fingerprint density at radius 3 is 2.29 bits per heavy atom. The number of hydrogen-bond donors (Lipinski definition) is 1. The molecular formula is C14H25N3O4. The fourth-order valence-electron chi connectivity index (χ4n) is 1.79. The van der Waals surface area contributed by atoms with Gasteiger partial charge in [-0.05, 0) is 20.8 Å². The van der Waals surface area contributed by atoms with E-state index < -0.39 is 11.5 Å². The van der Waals surface area contributed by atoms with Gasteiger partial charge >= 0.3 is 12.0 Å². The molecule has 0 bridgehead atoms. The van der Waals surface area contributed by atoms with E-state index in [-0.39, 0.29) is 25.4 Å². The number of carbonyl (C=O) groups is 2. The SMILES string of the molecule is COCCN(CCC#N)C(=O)N(CCC(=O)O)C(C)(C)C. The van der Waals surface area contributed by atoms with Crippen molar-refractivity contribution >= 4 is 12.0 Å². The number of carboxylic acid groups (broad SMARTS) is 1. The third-order valence-corrected chi connectivity index (χ3v) is 2.92. The fraction of sp³-hybridized carbons (Fsp3) is 0.786. The molecule has 7 heteroatoms. The average Bonchev–Trinajstić information content (AvgIpc) is 2.37. The van der Waals surface area contributed by atoms with E-state index in [4.69, 9.17) is 15.1 Å². The van der Waals surface area contributed by atoms with E-state index in [2.05, 4.69) is 0 Å². The first-order valence-electron chi connectivity index (χ1n) is 6.88. The minimum Gasteiger partial charge on any atom is -0.481 e. The van der Waals surface area contributed by atoms with Crippen molar-refractivity contribution in [3.05, 3.63) is 0 Å². The fourth-order valence-corrected chi connectivity index (χ4v) is 1.79. The molecule has 0 atom stereocenters. The maximum Gasteiger partial charge on any atom is 0.320 e. The second-order valence-electron chi connectivity index (χ2n) is 5.64. The van der Waals surface area contributed by atoms with Crippen molar-refractivity contribution in [1.29, 1.82) is 5.26 Å². The second kappa shape index (κ2) is 9.19. The van der Waals surface area contributed by atoms with Gasteiger partial charge in [0.1, 0.15) is 0 Å². The van der Waals surface area contributed by atoms with E-state index in [1.165, 1.54) is 9.80 Å². The van der Waals surface area contributed by atoms with Crippen molar-refractivity contribution in [3.8, 4) is 6.07 Å². The van der Waals surface area contributed by atoms with Gasteiger partial charge in [0.15, 0.2) is 0 Å². The molecule has 0 spiro atoms. The normalized spacial score (nSPS) is 10.8. The molecule has 21 heavy (non-hydrogen) atoms. The Bertz CT molecular complexity index is 385. The average molecular weight is 299 g/mol. The van der Waals surface area contributed by atoms with Crippen molar-refractivity contribution in [1.82, 2.24) is 9.80 Å². The van der Waals surface area contributed by atoms with Crippen LogP contribution in [0.15, 0.2) is 0 Å². The molecule has 0 aliphatic heterocycles. The Balaban J connectivity index is 4.99. The van der Waals surface area contributed by atoms with E-state index >= 15 is 0 Å². The zero-order valence-electron chi connectivity index (χ0n) is 13.3. The maximum atomic E-state index is 12.6. The zero-order valence-corrected chi connectivity index (χ0v) is 13.3. The quantitative estimate of drug-likeness (QED) is 0.733. The first-order valence-corrected chi connectivity index (χ1v) is 6.88. The molecule has 0 aromatic rings. The topological polar surface area (TPSA) is 93.9 Å². The number of amides is 2. The van der Waals surface area contributed by atoms with Crippen LogP contribution in [-0.4, -0.2) is 65.8 Å². The number of hydrogen-bond acceptors (Lipinski definition) is 4. The van der Waals surface area contributed by atoms with Crippen LogP contribution in [0.1, 0.15) is 33.6 Å². The Morgan fingerprint density at radius 2 is 1.86 bits per heavy atom. The Hall–Kier alpha value is -1.81. The lowest BCUT2D eigenvalue weighted by atomic mass is 10.1. The van der Waals surface area contributed by atoms with E-state index in [1.807, 2.05) is 26.8 Å². The van der Waals surface area contributed by atoms with Crippen LogP contribution in [0.5, 0.6) is 0 Å². The monoisotopic (exact) mass is 299 g/mol. The number of nitriles is 1. The summed E-state index contributed by atoms with van der Waals surface area (Å²) in [5, 5.41) is 17.5. The van der Waals surface area contributed by atoms with E-state index in [1.54, 1.807) is 7.11 Å². The summed E-state index contributed by atoms with van der Waals surface area (Å²) >= 11 is 0. The molecule has 0 heterocycles. The van der Waals surface area contributed by atoms with E-state index in [0.29, 0.717) is 19.7 Å². The molecule has 0 aliphatic rings.